The van der Waals surface area contributed by atoms with Crippen molar-refractivity contribution in [2.45, 2.75) is 6.92 Å². The van der Waals surface area contributed by atoms with Gasteiger partial charge >= 0.3 is 5.97 Å². The second-order valence-corrected chi connectivity index (χ2v) is 6.12. The predicted octanol–water partition coefficient (Wildman–Crippen LogP) is 1.37. The number of ether oxygens (including phenoxy) is 2. The Balaban J connectivity index is 2.17. The first-order valence-electron chi connectivity index (χ1n) is 7.34. The van der Waals surface area contributed by atoms with Crippen molar-refractivity contribution in [2.24, 2.45) is 0 Å². The van der Waals surface area contributed by atoms with Crippen LogP contribution in [0.5, 0.6) is 5.75 Å². The molecule has 0 saturated heterocycles. The molecule has 1 aliphatic rings. The molecule has 0 atom stereocenters. The number of ketones is 2. The molecule has 1 aliphatic carbocycles. The Hall–Kier alpha value is -2.61. The molecule has 2 rings (SSSR count). The molecule has 0 radical (unpaired) electrons. The number of benzene rings is 1. The minimum Gasteiger partial charge on any atom is -0.496 e. The molecule has 0 spiro atoms. The van der Waals surface area contributed by atoms with E-state index in [0.29, 0.717) is 11.3 Å². The van der Waals surface area contributed by atoms with Crippen molar-refractivity contribution in [3.05, 3.63) is 39.8 Å². The lowest BCUT2D eigenvalue weighted by atomic mass is 9.89. The average Bonchev–Trinajstić information content (AvgIpc) is 2.63. The van der Waals surface area contributed by atoms with Gasteiger partial charge in [0.2, 0.25) is 11.7 Å². The van der Waals surface area contributed by atoms with Gasteiger partial charge in [0, 0.05) is 11.1 Å². The summed E-state index contributed by atoms with van der Waals surface area (Å²) in [6.45, 7) is 1.30. The van der Waals surface area contributed by atoms with E-state index in [1.165, 1.54) is 14.2 Å². The van der Waals surface area contributed by atoms with Gasteiger partial charge in [0.25, 0.3) is 0 Å². The second-order valence-electron chi connectivity index (χ2n) is 5.14. The first-order chi connectivity index (χ1) is 11.9. The SMILES string of the molecule is COC(=O)CNC(=O)CSC1=C(C)C(=O)c2cccc(OC)c2C1=O. The summed E-state index contributed by atoms with van der Waals surface area (Å²) >= 11 is 0.957. The first kappa shape index (κ1) is 18.7. The highest BCUT2D eigenvalue weighted by molar-refractivity contribution is 8.04. The van der Waals surface area contributed by atoms with Gasteiger partial charge in [0.05, 0.1) is 30.4 Å². The van der Waals surface area contributed by atoms with Crippen molar-refractivity contribution in [1.82, 2.24) is 5.32 Å². The number of esters is 1. The zero-order valence-electron chi connectivity index (χ0n) is 14.0. The van der Waals surface area contributed by atoms with Crippen LogP contribution in [-0.4, -0.2) is 50.0 Å². The summed E-state index contributed by atoms with van der Waals surface area (Å²) < 4.78 is 9.61. The molecule has 0 heterocycles. The van der Waals surface area contributed by atoms with Gasteiger partial charge in [-0.25, -0.2) is 0 Å². The summed E-state index contributed by atoms with van der Waals surface area (Å²) in [5.74, 6) is -1.43. The van der Waals surface area contributed by atoms with Gasteiger partial charge in [0.15, 0.2) is 5.78 Å². The Morgan fingerprint density at radius 1 is 1.16 bits per heavy atom. The molecule has 0 unspecified atom stereocenters. The van der Waals surface area contributed by atoms with Gasteiger partial charge in [-0.05, 0) is 13.0 Å². The van der Waals surface area contributed by atoms with E-state index in [0.717, 1.165) is 11.8 Å². The van der Waals surface area contributed by atoms with Crippen molar-refractivity contribution in [1.29, 1.82) is 0 Å². The van der Waals surface area contributed by atoms with Crippen LogP contribution >= 0.6 is 11.8 Å². The highest BCUT2D eigenvalue weighted by Crippen LogP contribution is 2.36. The molecule has 8 heteroatoms. The van der Waals surface area contributed by atoms with Crippen molar-refractivity contribution in [2.75, 3.05) is 26.5 Å². The number of carbonyl (C=O) groups excluding carboxylic acids is 4. The first-order valence-corrected chi connectivity index (χ1v) is 8.32. The van der Waals surface area contributed by atoms with Crippen LogP contribution in [0.15, 0.2) is 28.7 Å². The normalized spacial score (nSPS) is 13.4. The van der Waals surface area contributed by atoms with Crippen LogP contribution in [0.1, 0.15) is 27.6 Å². The van der Waals surface area contributed by atoms with Crippen molar-refractivity contribution in [3.63, 3.8) is 0 Å². The summed E-state index contributed by atoms with van der Waals surface area (Å²) in [6.07, 6.45) is 0. The molecule has 0 fully saturated rings. The Morgan fingerprint density at radius 3 is 2.52 bits per heavy atom. The van der Waals surface area contributed by atoms with E-state index < -0.39 is 11.9 Å². The van der Waals surface area contributed by atoms with Crippen molar-refractivity contribution in [3.8, 4) is 5.75 Å². The van der Waals surface area contributed by atoms with Gasteiger partial charge in [-0.1, -0.05) is 12.1 Å². The van der Waals surface area contributed by atoms with Crippen LogP contribution in [0.4, 0.5) is 0 Å². The number of nitrogens with one attached hydrogen (secondary N) is 1. The monoisotopic (exact) mass is 363 g/mol. The molecule has 0 saturated carbocycles. The molecule has 0 aliphatic heterocycles. The van der Waals surface area contributed by atoms with Crippen LogP contribution < -0.4 is 10.1 Å². The van der Waals surface area contributed by atoms with E-state index in [2.05, 4.69) is 10.1 Å². The third-order valence-corrected chi connectivity index (χ3v) is 4.80. The van der Waals surface area contributed by atoms with E-state index >= 15 is 0 Å². The second kappa shape index (κ2) is 7.98. The van der Waals surface area contributed by atoms with Crippen LogP contribution in [0.25, 0.3) is 0 Å². The number of fused-ring (bicyclic) bond motifs is 1. The fraction of sp³-hybridized carbons (Fsp3) is 0.294. The fourth-order valence-corrected chi connectivity index (χ4v) is 3.24. The van der Waals surface area contributed by atoms with Crippen molar-refractivity contribution < 1.29 is 28.7 Å². The average molecular weight is 363 g/mol. The van der Waals surface area contributed by atoms with E-state index in [1.807, 2.05) is 0 Å². The highest BCUT2D eigenvalue weighted by atomic mass is 32.2. The van der Waals surface area contributed by atoms with Gasteiger partial charge < -0.3 is 14.8 Å². The molecular formula is C17H17NO6S. The number of hydrogen-bond donors (Lipinski definition) is 1. The van der Waals surface area contributed by atoms with Gasteiger partial charge in [-0.3, -0.25) is 19.2 Å². The standard InChI is InChI=1S/C17H17NO6S/c1-9-15(21)10-5-4-6-11(23-2)14(10)16(22)17(9)25-8-12(19)18-7-13(20)24-3/h4-6H,7-8H2,1-3H3,(H,18,19). The lowest BCUT2D eigenvalue weighted by Gasteiger charge is -2.20. The number of rotatable bonds is 6. The van der Waals surface area contributed by atoms with Crippen LogP contribution in [0.2, 0.25) is 0 Å². The number of carbonyl (C=O) groups is 4. The summed E-state index contributed by atoms with van der Waals surface area (Å²) in [5.41, 5.74) is 0.788. The minimum absolute atomic E-state index is 0.104. The fourth-order valence-electron chi connectivity index (χ4n) is 2.32. The lowest BCUT2D eigenvalue weighted by Crippen LogP contribution is -2.31. The molecule has 1 aromatic rings. The Bertz CT molecular complexity index is 783. The topological polar surface area (TPSA) is 98.8 Å². The highest BCUT2D eigenvalue weighted by Gasteiger charge is 2.33. The summed E-state index contributed by atoms with van der Waals surface area (Å²) in [6, 6.07) is 4.83. The minimum atomic E-state index is -0.573. The van der Waals surface area contributed by atoms with Crippen LogP contribution in [-0.2, 0) is 14.3 Å². The number of hydrogen-bond acceptors (Lipinski definition) is 7. The molecule has 25 heavy (non-hydrogen) atoms. The number of Topliss-reactive ketones (excluding diaryl/α,β-unsaturated/α-hetero) is 2. The molecule has 0 aromatic heterocycles. The maximum Gasteiger partial charge on any atom is 0.325 e. The van der Waals surface area contributed by atoms with Crippen LogP contribution in [0.3, 0.4) is 0 Å². The van der Waals surface area contributed by atoms with Gasteiger partial charge in [-0.2, -0.15) is 0 Å². The summed E-state index contributed by atoms with van der Waals surface area (Å²) in [4.78, 5) is 48.3. The molecule has 1 amide bonds. The molecule has 1 aromatic carbocycles. The summed E-state index contributed by atoms with van der Waals surface area (Å²) in [7, 11) is 2.64. The third kappa shape index (κ3) is 3.90. The van der Waals surface area contributed by atoms with Gasteiger partial charge in [0.1, 0.15) is 12.3 Å². The number of amides is 1. The molecule has 132 valence electrons. The number of allylic oxidation sites excluding steroid dienone is 2. The number of methoxy groups -OCH3 is 2. The molecule has 1 N–H and O–H groups in total. The maximum atomic E-state index is 12.8. The van der Waals surface area contributed by atoms with E-state index in [1.54, 1.807) is 25.1 Å². The largest absolute Gasteiger partial charge is 0.496 e. The Kier molecular flexibility index (Phi) is 5.97. The van der Waals surface area contributed by atoms with E-state index in [4.69, 9.17) is 4.74 Å². The van der Waals surface area contributed by atoms with E-state index in [9.17, 15) is 19.2 Å². The Morgan fingerprint density at radius 2 is 1.88 bits per heavy atom. The van der Waals surface area contributed by atoms with Crippen molar-refractivity contribution >= 4 is 35.2 Å². The molecule has 7 nitrogen and oxygen atoms in total. The maximum absolute atomic E-state index is 12.8. The van der Waals surface area contributed by atoms with Crippen LogP contribution in [0, 0.1) is 0 Å². The predicted molar refractivity (Wildman–Crippen MR) is 91.8 cm³/mol. The van der Waals surface area contributed by atoms with Gasteiger partial charge in [-0.15, -0.1) is 11.8 Å². The molecular weight excluding hydrogens is 346 g/mol. The zero-order valence-corrected chi connectivity index (χ0v) is 14.8. The quantitative estimate of drug-likeness (QED) is 0.762. The number of thioether (sulfide) groups is 1. The molecule has 0 bridgehead atoms. The smallest absolute Gasteiger partial charge is 0.325 e. The Labute approximate surface area is 148 Å². The third-order valence-electron chi connectivity index (χ3n) is 3.61. The summed E-state index contributed by atoms with van der Waals surface area (Å²) in [5, 5.41) is 2.38. The van der Waals surface area contributed by atoms with E-state index in [-0.39, 0.29) is 39.9 Å². The zero-order chi connectivity index (χ0) is 18.6. The lowest BCUT2D eigenvalue weighted by molar-refractivity contribution is -0.140.